The zero-order chi connectivity index (χ0) is 11.3. The van der Waals surface area contributed by atoms with Crippen molar-refractivity contribution in [3.63, 3.8) is 0 Å². The standard InChI is InChI=1S/C12H17NO2/c1-9(2)10-4-5-11(13-6-7-14)12(8-10)15-3/h4-5,7-9,13H,6H2,1-3H3. The first-order valence-corrected chi connectivity index (χ1v) is 5.04. The van der Waals surface area contributed by atoms with Gasteiger partial charge in [0, 0.05) is 0 Å². The number of nitrogens with one attached hydrogen (secondary N) is 1. The van der Waals surface area contributed by atoms with E-state index in [1.807, 2.05) is 18.2 Å². The third-order valence-electron chi connectivity index (χ3n) is 2.27. The molecule has 0 aliphatic rings. The Kier molecular flexibility index (Phi) is 4.16. The van der Waals surface area contributed by atoms with Crippen molar-refractivity contribution in [1.29, 1.82) is 0 Å². The molecule has 0 atom stereocenters. The number of carbonyl (C=O) groups excluding carboxylic acids is 1. The average Bonchev–Trinajstić information content (AvgIpc) is 2.25. The predicted molar refractivity (Wildman–Crippen MR) is 61.6 cm³/mol. The zero-order valence-electron chi connectivity index (χ0n) is 9.41. The molecule has 0 aromatic heterocycles. The van der Waals surface area contributed by atoms with Gasteiger partial charge in [-0.25, -0.2) is 0 Å². The van der Waals surface area contributed by atoms with E-state index in [4.69, 9.17) is 4.74 Å². The summed E-state index contributed by atoms with van der Waals surface area (Å²) in [7, 11) is 1.63. The Morgan fingerprint density at radius 2 is 2.20 bits per heavy atom. The van der Waals surface area contributed by atoms with Crippen molar-refractivity contribution >= 4 is 12.0 Å². The number of benzene rings is 1. The van der Waals surface area contributed by atoms with Gasteiger partial charge in [0.25, 0.3) is 0 Å². The Morgan fingerprint density at radius 3 is 2.73 bits per heavy atom. The van der Waals surface area contributed by atoms with Crippen LogP contribution in [0.4, 0.5) is 5.69 Å². The minimum Gasteiger partial charge on any atom is -0.495 e. The van der Waals surface area contributed by atoms with Gasteiger partial charge < -0.3 is 14.8 Å². The molecule has 0 amide bonds. The summed E-state index contributed by atoms with van der Waals surface area (Å²) in [6, 6.07) is 5.98. The fourth-order valence-corrected chi connectivity index (χ4v) is 1.36. The number of aldehydes is 1. The van der Waals surface area contributed by atoms with Crippen molar-refractivity contribution in [2.75, 3.05) is 19.0 Å². The maximum absolute atomic E-state index is 10.2. The molecule has 0 spiro atoms. The van der Waals surface area contributed by atoms with Crippen LogP contribution in [0.2, 0.25) is 0 Å². The largest absolute Gasteiger partial charge is 0.495 e. The molecule has 1 rings (SSSR count). The highest BCUT2D eigenvalue weighted by Crippen LogP contribution is 2.28. The lowest BCUT2D eigenvalue weighted by Gasteiger charge is -2.12. The Bertz CT molecular complexity index is 334. The Labute approximate surface area is 90.4 Å². The number of methoxy groups -OCH3 is 1. The topological polar surface area (TPSA) is 38.3 Å². The molecule has 15 heavy (non-hydrogen) atoms. The second-order valence-corrected chi connectivity index (χ2v) is 3.66. The van der Waals surface area contributed by atoms with Gasteiger partial charge in [-0.1, -0.05) is 19.9 Å². The number of carbonyl (C=O) groups is 1. The summed E-state index contributed by atoms with van der Waals surface area (Å²) in [5.74, 6) is 1.25. The molecule has 0 aliphatic heterocycles. The predicted octanol–water partition coefficient (Wildman–Crippen LogP) is 2.43. The van der Waals surface area contributed by atoms with Crippen LogP contribution < -0.4 is 10.1 Å². The van der Waals surface area contributed by atoms with E-state index in [-0.39, 0.29) is 0 Å². The molecule has 0 saturated carbocycles. The molecule has 1 aromatic rings. The first-order valence-electron chi connectivity index (χ1n) is 5.04. The molecule has 1 aromatic carbocycles. The van der Waals surface area contributed by atoms with Gasteiger partial charge in [0.2, 0.25) is 0 Å². The van der Waals surface area contributed by atoms with Gasteiger partial charge in [0.05, 0.1) is 19.3 Å². The lowest BCUT2D eigenvalue weighted by Crippen LogP contribution is -2.04. The highest BCUT2D eigenvalue weighted by molar-refractivity contribution is 5.64. The summed E-state index contributed by atoms with van der Waals surface area (Å²) in [5.41, 5.74) is 2.08. The van der Waals surface area contributed by atoms with E-state index in [9.17, 15) is 4.79 Å². The van der Waals surface area contributed by atoms with Crippen LogP contribution in [-0.4, -0.2) is 19.9 Å². The van der Waals surface area contributed by atoms with Crippen LogP contribution in [-0.2, 0) is 4.79 Å². The normalized spacial score (nSPS) is 10.1. The molecule has 3 heteroatoms. The van der Waals surface area contributed by atoms with E-state index in [1.165, 1.54) is 5.56 Å². The molecule has 0 fully saturated rings. The molecule has 0 radical (unpaired) electrons. The van der Waals surface area contributed by atoms with Crippen LogP contribution in [0.25, 0.3) is 0 Å². The number of rotatable bonds is 5. The fourth-order valence-electron chi connectivity index (χ4n) is 1.36. The zero-order valence-corrected chi connectivity index (χ0v) is 9.41. The molecule has 82 valence electrons. The van der Waals surface area contributed by atoms with Crippen LogP contribution in [0.3, 0.4) is 0 Å². The third-order valence-corrected chi connectivity index (χ3v) is 2.27. The monoisotopic (exact) mass is 207 g/mol. The van der Waals surface area contributed by atoms with Crippen molar-refractivity contribution in [1.82, 2.24) is 0 Å². The van der Waals surface area contributed by atoms with Gasteiger partial charge in [0.1, 0.15) is 12.0 Å². The lowest BCUT2D eigenvalue weighted by molar-refractivity contribution is -0.106. The summed E-state index contributed by atoms with van der Waals surface area (Å²) in [6.07, 6.45) is 0.829. The molecule has 0 aliphatic carbocycles. The van der Waals surface area contributed by atoms with E-state index in [0.717, 1.165) is 17.7 Å². The van der Waals surface area contributed by atoms with E-state index in [1.54, 1.807) is 7.11 Å². The summed E-state index contributed by atoms with van der Waals surface area (Å²) in [4.78, 5) is 10.2. The number of hydrogen-bond acceptors (Lipinski definition) is 3. The first kappa shape index (κ1) is 11.6. The smallest absolute Gasteiger partial charge is 0.142 e. The lowest BCUT2D eigenvalue weighted by atomic mass is 10.0. The molecule has 3 nitrogen and oxygen atoms in total. The van der Waals surface area contributed by atoms with Gasteiger partial charge in [-0.15, -0.1) is 0 Å². The van der Waals surface area contributed by atoms with E-state index < -0.39 is 0 Å². The Balaban J connectivity index is 2.92. The highest BCUT2D eigenvalue weighted by Gasteiger charge is 2.05. The SMILES string of the molecule is COc1cc(C(C)C)ccc1NCC=O. The Morgan fingerprint density at radius 1 is 1.47 bits per heavy atom. The van der Waals surface area contributed by atoms with Gasteiger partial charge in [-0.2, -0.15) is 0 Å². The maximum Gasteiger partial charge on any atom is 0.142 e. The quantitative estimate of drug-likeness (QED) is 0.753. The number of ether oxygens (including phenoxy) is 1. The van der Waals surface area contributed by atoms with Gasteiger partial charge in [0.15, 0.2) is 0 Å². The van der Waals surface area contributed by atoms with Crippen LogP contribution in [0.5, 0.6) is 5.75 Å². The van der Waals surface area contributed by atoms with Crippen LogP contribution in [0.15, 0.2) is 18.2 Å². The first-order chi connectivity index (χ1) is 7.19. The van der Waals surface area contributed by atoms with Crippen molar-refractivity contribution in [3.05, 3.63) is 23.8 Å². The van der Waals surface area contributed by atoms with Gasteiger partial charge in [-0.05, 0) is 23.6 Å². The minimum absolute atomic E-state index is 0.303. The van der Waals surface area contributed by atoms with Gasteiger partial charge in [-0.3, -0.25) is 0 Å². The summed E-state index contributed by atoms with van der Waals surface area (Å²) in [5, 5.41) is 2.99. The summed E-state index contributed by atoms with van der Waals surface area (Å²) >= 11 is 0. The van der Waals surface area contributed by atoms with Crippen molar-refractivity contribution < 1.29 is 9.53 Å². The van der Waals surface area contributed by atoms with E-state index in [2.05, 4.69) is 19.2 Å². The fraction of sp³-hybridized carbons (Fsp3) is 0.417. The van der Waals surface area contributed by atoms with Crippen LogP contribution in [0, 0.1) is 0 Å². The molecular weight excluding hydrogens is 190 g/mol. The maximum atomic E-state index is 10.2. The molecular formula is C12H17NO2. The van der Waals surface area contributed by atoms with Crippen LogP contribution >= 0.6 is 0 Å². The average molecular weight is 207 g/mol. The second kappa shape index (κ2) is 5.39. The number of anilines is 1. The molecule has 0 heterocycles. The molecule has 0 bridgehead atoms. The van der Waals surface area contributed by atoms with E-state index in [0.29, 0.717) is 12.5 Å². The second-order valence-electron chi connectivity index (χ2n) is 3.66. The van der Waals surface area contributed by atoms with Crippen LogP contribution in [0.1, 0.15) is 25.3 Å². The molecule has 1 N–H and O–H groups in total. The molecule has 0 unspecified atom stereocenters. The summed E-state index contributed by atoms with van der Waals surface area (Å²) < 4.78 is 5.25. The van der Waals surface area contributed by atoms with E-state index >= 15 is 0 Å². The van der Waals surface area contributed by atoms with Crippen molar-refractivity contribution in [3.8, 4) is 5.75 Å². The van der Waals surface area contributed by atoms with Gasteiger partial charge >= 0.3 is 0 Å². The molecule has 0 saturated heterocycles. The highest BCUT2D eigenvalue weighted by atomic mass is 16.5. The summed E-state index contributed by atoms with van der Waals surface area (Å²) in [6.45, 7) is 4.57. The third kappa shape index (κ3) is 2.98. The van der Waals surface area contributed by atoms with Crippen molar-refractivity contribution in [2.24, 2.45) is 0 Å². The number of hydrogen-bond donors (Lipinski definition) is 1. The Hall–Kier alpha value is -1.51. The van der Waals surface area contributed by atoms with Crippen molar-refractivity contribution in [2.45, 2.75) is 19.8 Å². The minimum atomic E-state index is 0.303.